The largest absolute Gasteiger partial charge is 0.322 e. The van der Waals surface area contributed by atoms with E-state index in [1.165, 1.54) is 12.1 Å². The number of nitrogens with zero attached hydrogens (tertiary/aromatic N) is 2. The molecule has 0 radical (unpaired) electrons. The Morgan fingerprint density at radius 3 is 2.64 bits per heavy atom. The van der Waals surface area contributed by atoms with Gasteiger partial charge >= 0.3 is 0 Å². The third-order valence-corrected chi connectivity index (χ3v) is 5.37. The Hall–Kier alpha value is -2.93. The van der Waals surface area contributed by atoms with Crippen molar-refractivity contribution in [2.24, 2.45) is 5.92 Å². The molecule has 0 spiro atoms. The summed E-state index contributed by atoms with van der Waals surface area (Å²) >= 11 is 6.03. The summed E-state index contributed by atoms with van der Waals surface area (Å²) in [5.41, 5.74) is 2.52. The minimum atomic E-state index is -0.564. The predicted octanol–water partition coefficient (Wildman–Crippen LogP) is 4.19. The minimum Gasteiger partial charge on any atom is -0.322 e. The molecule has 2 aliphatic rings. The first kappa shape index (κ1) is 18.4. The number of amides is 2. The minimum absolute atomic E-state index is 0.0193. The number of halogens is 1. The summed E-state index contributed by atoms with van der Waals surface area (Å²) in [5.74, 6) is -0.0911. The molecule has 0 aromatic heterocycles. The lowest BCUT2D eigenvalue weighted by molar-refractivity contribution is -0.384. The van der Waals surface area contributed by atoms with Crippen LogP contribution in [0.2, 0.25) is 5.02 Å². The van der Waals surface area contributed by atoms with Gasteiger partial charge in [0.25, 0.3) is 11.6 Å². The number of hydrogen-bond acceptors (Lipinski definition) is 4. The average molecular weight is 400 g/mol. The van der Waals surface area contributed by atoms with E-state index in [0.717, 1.165) is 49.5 Å². The Morgan fingerprint density at radius 1 is 1.18 bits per heavy atom. The van der Waals surface area contributed by atoms with Crippen molar-refractivity contribution in [2.45, 2.75) is 25.7 Å². The monoisotopic (exact) mass is 399 g/mol. The maximum atomic E-state index is 12.5. The molecule has 28 heavy (non-hydrogen) atoms. The summed E-state index contributed by atoms with van der Waals surface area (Å²) in [6, 6.07) is 9.24. The molecule has 7 nitrogen and oxygen atoms in total. The predicted molar refractivity (Wildman–Crippen MR) is 106 cm³/mol. The van der Waals surface area contributed by atoms with E-state index in [1.54, 1.807) is 6.07 Å². The zero-order valence-corrected chi connectivity index (χ0v) is 15.7. The van der Waals surface area contributed by atoms with Crippen LogP contribution in [0.1, 0.15) is 35.2 Å². The lowest BCUT2D eigenvalue weighted by Crippen LogP contribution is -2.36. The summed E-state index contributed by atoms with van der Waals surface area (Å²) in [6.07, 6.45) is 3.66. The van der Waals surface area contributed by atoms with Crippen molar-refractivity contribution in [1.82, 2.24) is 0 Å². The highest BCUT2D eigenvalue weighted by molar-refractivity contribution is 6.34. The smallest absolute Gasteiger partial charge is 0.270 e. The summed E-state index contributed by atoms with van der Waals surface area (Å²) < 4.78 is 0. The van der Waals surface area contributed by atoms with Crippen LogP contribution >= 0.6 is 11.6 Å². The molecule has 1 saturated carbocycles. The molecule has 1 aliphatic heterocycles. The van der Waals surface area contributed by atoms with E-state index in [-0.39, 0.29) is 28.1 Å². The van der Waals surface area contributed by atoms with Gasteiger partial charge in [-0.15, -0.1) is 0 Å². The number of benzene rings is 2. The van der Waals surface area contributed by atoms with Gasteiger partial charge in [-0.05, 0) is 55.5 Å². The van der Waals surface area contributed by atoms with Gasteiger partial charge in [-0.3, -0.25) is 19.7 Å². The van der Waals surface area contributed by atoms with Gasteiger partial charge < -0.3 is 10.2 Å². The SMILES string of the molecule is O=C(Nc1ccc2c(c1)CCCN2C(=O)C1CC1)c1ccc([N+](=O)[O-])cc1Cl. The first-order valence-electron chi connectivity index (χ1n) is 9.13. The number of fused-ring (bicyclic) bond motifs is 1. The van der Waals surface area contributed by atoms with Gasteiger partial charge in [0.05, 0.1) is 15.5 Å². The fourth-order valence-corrected chi connectivity index (χ4v) is 3.72. The lowest BCUT2D eigenvalue weighted by atomic mass is 10.00. The molecule has 2 amide bonds. The number of carbonyl (C=O) groups excluding carboxylic acids is 2. The molecule has 0 atom stereocenters. The van der Waals surface area contributed by atoms with Gasteiger partial charge in [0, 0.05) is 36.0 Å². The van der Waals surface area contributed by atoms with E-state index in [9.17, 15) is 19.7 Å². The van der Waals surface area contributed by atoms with E-state index in [0.29, 0.717) is 5.69 Å². The van der Waals surface area contributed by atoms with Gasteiger partial charge in [0.2, 0.25) is 5.91 Å². The lowest BCUT2D eigenvalue weighted by Gasteiger charge is -2.30. The van der Waals surface area contributed by atoms with Crippen LogP contribution in [0.25, 0.3) is 0 Å². The second kappa shape index (κ2) is 7.24. The maximum absolute atomic E-state index is 12.5. The standard InChI is InChI=1S/C20H18ClN3O4/c21-17-11-15(24(27)28)6-7-16(17)19(25)22-14-5-8-18-13(10-14)2-1-9-23(18)20(26)12-3-4-12/h5-8,10-12H,1-4,9H2,(H,22,25). The normalized spacial score (nSPS) is 15.7. The zero-order chi connectivity index (χ0) is 19.8. The van der Waals surface area contributed by atoms with Crippen LogP contribution in [0.3, 0.4) is 0 Å². The molecular formula is C20H18ClN3O4. The molecular weight excluding hydrogens is 382 g/mol. The Kier molecular flexibility index (Phi) is 4.77. The van der Waals surface area contributed by atoms with Gasteiger partial charge in [-0.2, -0.15) is 0 Å². The van der Waals surface area contributed by atoms with E-state index in [2.05, 4.69) is 5.32 Å². The Balaban J connectivity index is 1.53. The number of rotatable bonds is 4. The molecule has 2 aromatic rings. The van der Waals surface area contributed by atoms with Crippen molar-refractivity contribution < 1.29 is 14.5 Å². The summed E-state index contributed by atoms with van der Waals surface area (Å²) in [5, 5.41) is 13.6. The molecule has 8 heteroatoms. The van der Waals surface area contributed by atoms with Crippen LogP contribution in [0.5, 0.6) is 0 Å². The molecule has 2 aromatic carbocycles. The first-order chi connectivity index (χ1) is 13.4. The Bertz CT molecular complexity index is 987. The molecule has 1 heterocycles. The number of non-ortho nitro benzene ring substituents is 1. The third-order valence-electron chi connectivity index (χ3n) is 5.06. The molecule has 0 unspecified atom stereocenters. The number of nitro benzene ring substituents is 1. The quantitative estimate of drug-likeness (QED) is 0.616. The van der Waals surface area contributed by atoms with E-state index >= 15 is 0 Å². The molecule has 1 N–H and O–H groups in total. The van der Waals surface area contributed by atoms with Crippen molar-refractivity contribution in [3.05, 3.63) is 62.7 Å². The Labute approximate surface area is 166 Å². The van der Waals surface area contributed by atoms with Crippen LogP contribution in [-0.2, 0) is 11.2 Å². The molecule has 0 bridgehead atoms. The number of nitro groups is 1. The van der Waals surface area contributed by atoms with E-state index in [4.69, 9.17) is 11.6 Å². The van der Waals surface area contributed by atoms with Gasteiger partial charge in [-0.25, -0.2) is 0 Å². The van der Waals surface area contributed by atoms with Crippen LogP contribution in [0.4, 0.5) is 17.1 Å². The molecule has 1 fully saturated rings. The van der Waals surface area contributed by atoms with E-state index in [1.807, 2.05) is 17.0 Å². The van der Waals surface area contributed by atoms with Crippen molar-refractivity contribution in [3.63, 3.8) is 0 Å². The Morgan fingerprint density at radius 2 is 1.96 bits per heavy atom. The van der Waals surface area contributed by atoms with Crippen molar-refractivity contribution in [3.8, 4) is 0 Å². The summed E-state index contributed by atoms with van der Waals surface area (Å²) in [4.78, 5) is 37.1. The van der Waals surface area contributed by atoms with Gasteiger partial charge in [-0.1, -0.05) is 11.6 Å². The van der Waals surface area contributed by atoms with Crippen LogP contribution < -0.4 is 10.2 Å². The number of nitrogens with one attached hydrogen (secondary N) is 1. The summed E-state index contributed by atoms with van der Waals surface area (Å²) in [7, 11) is 0. The van der Waals surface area contributed by atoms with Crippen molar-refractivity contribution >= 4 is 40.5 Å². The fraction of sp³-hybridized carbons (Fsp3) is 0.300. The number of carbonyl (C=O) groups is 2. The summed E-state index contributed by atoms with van der Waals surface area (Å²) in [6.45, 7) is 0.729. The van der Waals surface area contributed by atoms with Crippen LogP contribution in [0.15, 0.2) is 36.4 Å². The van der Waals surface area contributed by atoms with Crippen molar-refractivity contribution in [1.29, 1.82) is 0 Å². The van der Waals surface area contributed by atoms with Crippen LogP contribution in [-0.4, -0.2) is 23.3 Å². The van der Waals surface area contributed by atoms with Crippen LogP contribution in [0, 0.1) is 16.0 Å². The first-order valence-corrected chi connectivity index (χ1v) is 9.51. The molecule has 144 valence electrons. The number of hydrogen-bond donors (Lipinski definition) is 1. The highest BCUT2D eigenvalue weighted by Gasteiger charge is 2.35. The third kappa shape index (κ3) is 3.57. The average Bonchev–Trinajstić information content (AvgIpc) is 3.51. The van der Waals surface area contributed by atoms with Crippen molar-refractivity contribution in [2.75, 3.05) is 16.8 Å². The van der Waals surface area contributed by atoms with E-state index < -0.39 is 10.8 Å². The second-order valence-electron chi connectivity index (χ2n) is 7.09. The van der Waals surface area contributed by atoms with Gasteiger partial charge in [0.15, 0.2) is 0 Å². The number of aryl methyl sites for hydroxylation is 1. The highest BCUT2D eigenvalue weighted by Crippen LogP contribution is 2.36. The zero-order valence-electron chi connectivity index (χ0n) is 15.0. The molecule has 1 aliphatic carbocycles. The maximum Gasteiger partial charge on any atom is 0.270 e. The molecule has 4 rings (SSSR count). The fourth-order valence-electron chi connectivity index (χ4n) is 3.45. The number of anilines is 2. The topological polar surface area (TPSA) is 92.6 Å². The second-order valence-corrected chi connectivity index (χ2v) is 7.49. The highest BCUT2D eigenvalue weighted by atomic mass is 35.5. The molecule has 0 saturated heterocycles. The van der Waals surface area contributed by atoms with Gasteiger partial charge in [0.1, 0.15) is 0 Å².